The number of benzene rings is 1. The van der Waals surface area contributed by atoms with E-state index in [1.807, 2.05) is 10.6 Å². The first kappa shape index (κ1) is 20.8. The zero-order valence-electron chi connectivity index (χ0n) is 18.3. The summed E-state index contributed by atoms with van der Waals surface area (Å²) in [6, 6.07) is 9.93. The Morgan fingerprint density at radius 3 is 1.12 bits per heavy atom. The van der Waals surface area contributed by atoms with Gasteiger partial charge < -0.3 is 0 Å². The predicted molar refractivity (Wildman–Crippen MR) is 129 cm³/mol. The minimum atomic E-state index is -1.49. The molecule has 0 aliphatic carbocycles. The van der Waals surface area contributed by atoms with Crippen molar-refractivity contribution in [1.29, 1.82) is 0 Å². The van der Waals surface area contributed by atoms with Crippen molar-refractivity contribution in [2.45, 2.75) is 102 Å². The van der Waals surface area contributed by atoms with Gasteiger partial charge in [0, 0.05) is 0 Å². The Balaban J connectivity index is 2.16. The zero-order chi connectivity index (χ0) is 18.9. The third kappa shape index (κ3) is 3.44. The molecule has 2 heterocycles. The third-order valence-electron chi connectivity index (χ3n) is 9.23. The molecule has 0 aromatic heterocycles. The van der Waals surface area contributed by atoms with Gasteiger partial charge in [0.25, 0.3) is 0 Å². The first-order valence-corrected chi connectivity index (χ1v) is 16.7. The van der Waals surface area contributed by atoms with Crippen molar-refractivity contribution in [2.24, 2.45) is 0 Å². The van der Waals surface area contributed by atoms with Crippen molar-refractivity contribution < 1.29 is 0 Å². The van der Waals surface area contributed by atoms with E-state index in [1.54, 1.807) is 0 Å². The van der Waals surface area contributed by atoms with Gasteiger partial charge in [0.2, 0.25) is 0 Å². The second-order valence-corrected chi connectivity index (χ2v) is 20.4. The zero-order valence-corrected chi connectivity index (χ0v) is 20.3. The molecule has 0 bridgehead atoms. The van der Waals surface area contributed by atoms with E-state index < -0.39 is 14.5 Å². The second-order valence-electron chi connectivity index (χ2n) is 10.3. The molecule has 0 unspecified atom stereocenters. The Morgan fingerprint density at radius 1 is 0.577 bits per heavy atom. The molecule has 0 radical (unpaired) electrons. The van der Waals surface area contributed by atoms with Gasteiger partial charge in [-0.05, 0) is 0 Å². The molecule has 0 amide bonds. The first-order chi connectivity index (χ1) is 12.3. The fourth-order valence-corrected chi connectivity index (χ4v) is 17.6. The van der Waals surface area contributed by atoms with E-state index in [-0.39, 0.29) is 0 Å². The average molecular weight is 395 g/mol. The summed E-state index contributed by atoms with van der Waals surface area (Å²) >= 11 is 0. The molecule has 2 saturated heterocycles. The molecule has 2 fully saturated rings. The van der Waals surface area contributed by atoms with E-state index in [4.69, 9.17) is 0 Å². The normalized spacial score (nSPS) is 37.2. The maximum absolute atomic E-state index is 2.76. The molecule has 0 spiro atoms. The molecule has 26 heavy (non-hydrogen) atoms. The van der Waals surface area contributed by atoms with Crippen LogP contribution in [0, 0.1) is 0 Å². The second kappa shape index (κ2) is 8.21. The molecule has 0 saturated carbocycles. The van der Waals surface area contributed by atoms with Crippen LogP contribution in [0.25, 0.3) is 0 Å². The molecular weight excluding hydrogens is 350 g/mol. The number of hydrogen-bond acceptors (Lipinski definition) is 0. The monoisotopic (exact) mass is 394 g/mol. The number of hydrogen-bond donors (Lipinski definition) is 0. The van der Waals surface area contributed by atoms with Gasteiger partial charge in [0.05, 0.1) is 0 Å². The first-order valence-electron chi connectivity index (χ1n) is 11.4. The fourth-order valence-electron chi connectivity index (χ4n) is 6.46. The van der Waals surface area contributed by atoms with Crippen molar-refractivity contribution >= 4 is 25.1 Å². The van der Waals surface area contributed by atoms with Crippen LogP contribution in [0.3, 0.4) is 0 Å². The van der Waals surface area contributed by atoms with Gasteiger partial charge in [0.1, 0.15) is 0 Å². The fraction of sp³-hybridized carbons (Fsp3) is 0.750. The van der Waals surface area contributed by atoms with Crippen LogP contribution < -0.4 is 10.6 Å². The van der Waals surface area contributed by atoms with Crippen LogP contribution in [0.5, 0.6) is 0 Å². The summed E-state index contributed by atoms with van der Waals surface area (Å²) in [5.41, 5.74) is 3.70. The summed E-state index contributed by atoms with van der Waals surface area (Å²) in [5, 5.41) is 3.77. The Bertz CT molecular complexity index is 531. The van der Waals surface area contributed by atoms with Gasteiger partial charge in [-0.2, -0.15) is 0 Å². The SMILES string of the molecule is C[C@H]1CCCC[C@H](C)[PH]1(C)c1ccccc1[PH]1(C)[C@@H](C)CCCC[C@@H]1C. The summed E-state index contributed by atoms with van der Waals surface area (Å²) in [4.78, 5) is 0. The molecule has 3 rings (SSSR count). The van der Waals surface area contributed by atoms with Crippen molar-refractivity contribution in [3.63, 3.8) is 0 Å². The summed E-state index contributed by atoms with van der Waals surface area (Å²) < 4.78 is 0. The average Bonchev–Trinajstić information content (AvgIpc) is 2.85. The van der Waals surface area contributed by atoms with Crippen LogP contribution in [0.4, 0.5) is 0 Å². The molecule has 150 valence electrons. The summed E-state index contributed by atoms with van der Waals surface area (Å²) in [6.07, 6.45) is 11.7. The molecule has 1 aromatic rings. The van der Waals surface area contributed by atoms with Crippen LogP contribution in [-0.2, 0) is 0 Å². The number of rotatable bonds is 2. The van der Waals surface area contributed by atoms with E-state index in [9.17, 15) is 0 Å². The maximum atomic E-state index is 2.76. The van der Waals surface area contributed by atoms with Crippen molar-refractivity contribution in [2.75, 3.05) is 13.3 Å². The molecule has 2 aliphatic heterocycles. The molecule has 1 aromatic carbocycles. The van der Waals surface area contributed by atoms with E-state index in [2.05, 4.69) is 65.3 Å². The van der Waals surface area contributed by atoms with Crippen LogP contribution in [0.1, 0.15) is 79.1 Å². The Labute approximate surface area is 164 Å². The van der Waals surface area contributed by atoms with Crippen LogP contribution in [0.15, 0.2) is 24.3 Å². The molecular formula is C24H44P2. The molecule has 0 nitrogen and oxygen atoms in total. The van der Waals surface area contributed by atoms with Crippen molar-refractivity contribution in [3.8, 4) is 0 Å². The van der Waals surface area contributed by atoms with E-state index in [1.165, 1.54) is 51.4 Å². The Morgan fingerprint density at radius 2 is 0.846 bits per heavy atom. The van der Waals surface area contributed by atoms with Gasteiger partial charge in [-0.15, -0.1) is 0 Å². The quantitative estimate of drug-likeness (QED) is 0.509. The van der Waals surface area contributed by atoms with Crippen LogP contribution in [0.2, 0.25) is 0 Å². The van der Waals surface area contributed by atoms with Gasteiger partial charge in [-0.3, -0.25) is 0 Å². The summed E-state index contributed by atoms with van der Waals surface area (Å²) in [5.74, 6) is 0. The van der Waals surface area contributed by atoms with E-state index >= 15 is 0 Å². The molecule has 4 atom stereocenters. The van der Waals surface area contributed by atoms with Crippen LogP contribution >= 0.6 is 14.5 Å². The van der Waals surface area contributed by atoms with Gasteiger partial charge in [-0.1, -0.05) is 0 Å². The topological polar surface area (TPSA) is 0 Å². The predicted octanol–water partition coefficient (Wildman–Crippen LogP) is 6.40. The van der Waals surface area contributed by atoms with E-state index in [0.717, 1.165) is 22.6 Å². The third-order valence-corrected chi connectivity index (χ3v) is 22.0. The Hall–Kier alpha value is 0.0800. The van der Waals surface area contributed by atoms with E-state index in [0.29, 0.717) is 0 Å². The van der Waals surface area contributed by atoms with Crippen LogP contribution in [-0.4, -0.2) is 36.0 Å². The minimum absolute atomic E-state index is 0.926. The molecule has 2 heteroatoms. The van der Waals surface area contributed by atoms with Crippen molar-refractivity contribution in [1.82, 2.24) is 0 Å². The Kier molecular flexibility index (Phi) is 6.57. The summed E-state index contributed by atoms with van der Waals surface area (Å²) in [7, 11) is -2.97. The summed E-state index contributed by atoms with van der Waals surface area (Å²) in [6.45, 7) is 15.9. The van der Waals surface area contributed by atoms with Gasteiger partial charge in [0.15, 0.2) is 0 Å². The van der Waals surface area contributed by atoms with Gasteiger partial charge >= 0.3 is 164 Å². The van der Waals surface area contributed by atoms with Crippen molar-refractivity contribution in [3.05, 3.63) is 24.3 Å². The van der Waals surface area contributed by atoms with Gasteiger partial charge in [-0.25, -0.2) is 0 Å². The molecule has 0 N–H and O–H groups in total. The standard InChI is InChI=1S/C24H44P2/c1-19-13-7-8-14-20(2)25(19,5)23-17-11-12-18-24(23)26(6)21(3)15-9-10-16-22(26)4/h11-12,17-22,25-26H,7-10,13-16H2,1-6H3/t19-,20-,21-,22-/m0/s1. The molecule has 2 aliphatic rings.